The molecular weight excluding hydrogens is 182 g/mol. The zero-order chi connectivity index (χ0) is 11.4. The molecular formula is C14H25N. The van der Waals surface area contributed by atoms with Crippen molar-refractivity contribution in [2.75, 3.05) is 13.1 Å². The quantitative estimate of drug-likeness (QED) is 0.702. The van der Waals surface area contributed by atoms with Gasteiger partial charge >= 0.3 is 0 Å². The largest absolute Gasteiger partial charge is 0.316 e. The smallest absolute Gasteiger partial charge is 0.000835 e. The van der Waals surface area contributed by atoms with Crippen molar-refractivity contribution in [3.05, 3.63) is 35.9 Å². The van der Waals surface area contributed by atoms with Gasteiger partial charge in [-0.25, -0.2) is 0 Å². The summed E-state index contributed by atoms with van der Waals surface area (Å²) < 4.78 is 0. The fourth-order valence-electron chi connectivity index (χ4n) is 1.30. The lowest BCUT2D eigenvalue weighted by atomic mass is 10.1. The molecule has 86 valence electrons. The van der Waals surface area contributed by atoms with Crippen molar-refractivity contribution in [1.29, 1.82) is 0 Å². The van der Waals surface area contributed by atoms with E-state index >= 15 is 0 Å². The van der Waals surface area contributed by atoms with E-state index in [0.29, 0.717) is 0 Å². The van der Waals surface area contributed by atoms with Gasteiger partial charge in [0.1, 0.15) is 0 Å². The molecule has 1 heteroatoms. The second-order valence-electron chi connectivity index (χ2n) is 3.34. The van der Waals surface area contributed by atoms with Crippen molar-refractivity contribution in [1.82, 2.24) is 5.32 Å². The highest BCUT2D eigenvalue weighted by Crippen LogP contribution is 1.97. The van der Waals surface area contributed by atoms with Crippen molar-refractivity contribution in [3.8, 4) is 0 Å². The fraction of sp³-hybridized carbons (Fsp3) is 0.571. The van der Waals surface area contributed by atoms with Gasteiger partial charge in [-0.15, -0.1) is 0 Å². The molecule has 1 aromatic rings. The van der Waals surface area contributed by atoms with Crippen molar-refractivity contribution < 1.29 is 0 Å². The van der Waals surface area contributed by atoms with Crippen molar-refractivity contribution in [2.45, 2.75) is 40.0 Å². The van der Waals surface area contributed by atoms with E-state index in [0.717, 1.165) is 19.5 Å². The molecule has 1 rings (SSSR count). The van der Waals surface area contributed by atoms with E-state index in [-0.39, 0.29) is 0 Å². The molecule has 0 bridgehead atoms. The lowest BCUT2D eigenvalue weighted by molar-refractivity contribution is 0.640. The van der Waals surface area contributed by atoms with Gasteiger partial charge in [0, 0.05) is 0 Å². The first-order valence-electron chi connectivity index (χ1n) is 6.18. The molecule has 1 aromatic carbocycles. The molecule has 0 atom stereocenters. The molecule has 0 fully saturated rings. The Kier molecular flexibility index (Phi) is 10.6. The van der Waals surface area contributed by atoms with Crippen LogP contribution >= 0.6 is 0 Å². The summed E-state index contributed by atoms with van der Waals surface area (Å²) in [6.45, 7) is 8.48. The molecule has 0 spiro atoms. The highest BCUT2D eigenvalue weighted by atomic mass is 14.8. The number of nitrogens with one attached hydrogen (secondary N) is 1. The fourth-order valence-corrected chi connectivity index (χ4v) is 1.30. The van der Waals surface area contributed by atoms with Crippen LogP contribution in [0.2, 0.25) is 0 Å². The summed E-state index contributed by atoms with van der Waals surface area (Å²) in [5.74, 6) is 0. The van der Waals surface area contributed by atoms with Crippen molar-refractivity contribution in [3.63, 3.8) is 0 Å². The lowest BCUT2D eigenvalue weighted by Crippen LogP contribution is -2.18. The summed E-state index contributed by atoms with van der Waals surface area (Å²) in [6.07, 6.45) is 3.71. The Morgan fingerprint density at radius 1 is 1.00 bits per heavy atom. The number of unbranched alkanes of at least 4 members (excludes halogenated alkanes) is 1. The SMILES string of the molecule is CC.CCCCNCCc1ccccc1. The second-order valence-corrected chi connectivity index (χ2v) is 3.34. The Morgan fingerprint density at radius 3 is 2.27 bits per heavy atom. The van der Waals surface area contributed by atoms with Gasteiger partial charge in [-0.05, 0) is 31.5 Å². The van der Waals surface area contributed by atoms with Crippen LogP contribution in [-0.2, 0) is 6.42 Å². The van der Waals surface area contributed by atoms with Gasteiger partial charge in [0.05, 0.1) is 0 Å². The molecule has 0 heterocycles. The number of rotatable bonds is 6. The highest BCUT2D eigenvalue weighted by Gasteiger charge is 1.90. The maximum Gasteiger partial charge on any atom is -0.000835 e. The second kappa shape index (κ2) is 11.3. The van der Waals surface area contributed by atoms with E-state index in [2.05, 4.69) is 42.6 Å². The number of benzene rings is 1. The molecule has 0 radical (unpaired) electrons. The van der Waals surface area contributed by atoms with Gasteiger partial charge < -0.3 is 5.32 Å². The standard InChI is InChI=1S/C12H19N.C2H6/c1-2-3-10-13-11-9-12-7-5-4-6-8-12;1-2/h4-8,13H,2-3,9-11H2,1H3;1-2H3. The predicted molar refractivity (Wildman–Crippen MR) is 69.3 cm³/mol. The van der Waals surface area contributed by atoms with E-state index in [1.807, 2.05) is 13.8 Å². The first-order valence-corrected chi connectivity index (χ1v) is 6.18. The molecule has 0 saturated heterocycles. The molecule has 0 aromatic heterocycles. The minimum Gasteiger partial charge on any atom is -0.316 e. The molecule has 1 N–H and O–H groups in total. The zero-order valence-corrected chi connectivity index (χ0v) is 10.4. The van der Waals surface area contributed by atoms with Gasteiger partial charge in [0.25, 0.3) is 0 Å². The lowest BCUT2D eigenvalue weighted by Gasteiger charge is -2.03. The molecule has 0 aliphatic rings. The van der Waals surface area contributed by atoms with Gasteiger partial charge in [-0.2, -0.15) is 0 Å². The van der Waals surface area contributed by atoms with E-state index in [1.165, 1.54) is 18.4 Å². The normalized spacial score (nSPS) is 9.27. The first kappa shape index (κ1) is 14.2. The third-order valence-electron chi connectivity index (χ3n) is 2.14. The summed E-state index contributed by atoms with van der Waals surface area (Å²) in [5, 5.41) is 3.43. The van der Waals surface area contributed by atoms with Gasteiger partial charge in [0.2, 0.25) is 0 Å². The van der Waals surface area contributed by atoms with E-state index < -0.39 is 0 Å². The monoisotopic (exact) mass is 207 g/mol. The summed E-state index contributed by atoms with van der Waals surface area (Å²) in [7, 11) is 0. The van der Waals surface area contributed by atoms with E-state index in [4.69, 9.17) is 0 Å². The van der Waals surface area contributed by atoms with Crippen LogP contribution in [0.25, 0.3) is 0 Å². The number of hydrogen-bond acceptors (Lipinski definition) is 1. The van der Waals surface area contributed by atoms with Gasteiger partial charge in [0.15, 0.2) is 0 Å². The molecule has 0 unspecified atom stereocenters. The third kappa shape index (κ3) is 8.19. The molecule has 1 nitrogen and oxygen atoms in total. The first-order chi connectivity index (χ1) is 7.43. The van der Waals surface area contributed by atoms with Crippen molar-refractivity contribution >= 4 is 0 Å². The topological polar surface area (TPSA) is 12.0 Å². The van der Waals surface area contributed by atoms with Crippen LogP contribution in [0.4, 0.5) is 0 Å². The molecule has 15 heavy (non-hydrogen) atoms. The Morgan fingerprint density at radius 2 is 1.67 bits per heavy atom. The summed E-state index contributed by atoms with van der Waals surface area (Å²) in [5.41, 5.74) is 1.42. The van der Waals surface area contributed by atoms with E-state index in [1.54, 1.807) is 0 Å². The third-order valence-corrected chi connectivity index (χ3v) is 2.14. The predicted octanol–water partition coefficient (Wildman–Crippen LogP) is 3.65. The maximum absolute atomic E-state index is 3.43. The zero-order valence-electron chi connectivity index (χ0n) is 10.4. The molecule has 0 aliphatic carbocycles. The van der Waals surface area contributed by atoms with E-state index in [9.17, 15) is 0 Å². The maximum atomic E-state index is 3.43. The minimum atomic E-state index is 1.10. The number of hydrogen-bond donors (Lipinski definition) is 1. The van der Waals surface area contributed by atoms with Gasteiger partial charge in [-0.3, -0.25) is 0 Å². The van der Waals surface area contributed by atoms with Crippen LogP contribution < -0.4 is 5.32 Å². The molecule has 0 amide bonds. The van der Waals surface area contributed by atoms with Crippen LogP contribution in [0.1, 0.15) is 39.2 Å². The molecule has 0 aliphatic heterocycles. The minimum absolute atomic E-state index is 1.10. The summed E-state index contributed by atoms with van der Waals surface area (Å²) in [6, 6.07) is 10.6. The summed E-state index contributed by atoms with van der Waals surface area (Å²) in [4.78, 5) is 0. The van der Waals surface area contributed by atoms with Crippen LogP contribution in [0, 0.1) is 0 Å². The average Bonchev–Trinajstić information content (AvgIpc) is 2.33. The van der Waals surface area contributed by atoms with Crippen molar-refractivity contribution in [2.24, 2.45) is 0 Å². The molecule has 0 saturated carbocycles. The van der Waals surface area contributed by atoms with Crippen LogP contribution in [0.3, 0.4) is 0 Å². The Hall–Kier alpha value is -0.820. The Labute approximate surface area is 94.9 Å². The highest BCUT2D eigenvalue weighted by molar-refractivity contribution is 5.14. The van der Waals surface area contributed by atoms with Crippen LogP contribution in [0.5, 0.6) is 0 Å². The van der Waals surface area contributed by atoms with Crippen LogP contribution in [0.15, 0.2) is 30.3 Å². The Bertz CT molecular complexity index is 206. The summed E-state index contributed by atoms with van der Waals surface area (Å²) >= 11 is 0. The average molecular weight is 207 g/mol. The van der Waals surface area contributed by atoms with Crippen LogP contribution in [-0.4, -0.2) is 13.1 Å². The Balaban J connectivity index is 0.000000921. The van der Waals surface area contributed by atoms with Gasteiger partial charge in [-0.1, -0.05) is 57.5 Å².